The van der Waals surface area contributed by atoms with Crippen molar-refractivity contribution >= 4 is 10.9 Å². The lowest BCUT2D eigenvalue weighted by molar-refractivity contribution is -0.137. The molecule has 5 heteroatoms. The molecule has 17 heavy (non-hydrogen) atoms. The minimum absolute atomic E-state index is 0.0286. The summed E-state index contributed by atoms with van der Waals surface area (Å²) in [6.07, 6.45) is -3.94. The van der Waals surface area contributed by atoms with Crippen LogP contribution >= 0.6 is 0 Å². The molecule has 2 rings (SSSR count). The Morgan fingerprint density at radius 1 is 1.12 bits per heavy atom. The lowest BCUT2D eigenvalue weighted by atomic mass is 10.1. The van der Waals surface area contributed by atoms with Gasteiger partial charge in [0.15, 0.2) is 0 Å². The molecule has 0 atom stereocenters. The van der Waals surface area contributed by atoms with Crippen molar-refractivity contribution in [3.8, 4) is 0 Å². The number of hydrogen-bond acceptors (Lipinski definition) is 2. The van der Waals surface area contributed by atoms with Gasteiger partial charge in [-0.3, -0.25) is 4.98 Å². The molecule has 0 amide bonds. The first kappa shape index (κ1) is 11.9. The lowest BCUT2D eigenvalue weighted by Gasteiger charge is -2.08. The average molecular weight is 241 g/mol. The maximum Gasteiger partial charge on any atom is 0.416 e. The van der Waals surface area contributed by atoms with Crippen LogP contribution in [0, 0.1) is 0 Å². The first-order valence-electron chi connectivity index (χ1n) is 5.08. The molecule has 0 unspecified atom stereocenters. The van der Waals surface area contributed by atoms with Crippen molar-refractivity contribution in [2.75, 3.05) is 6.61 Å². The van der Waals surface area contributed by atoms with E-state index in [0.29, 0.717) is 23.0 Å². The monoisotopic (exact) mass is 241 g/mol. The van der Waals surface area contributed by atoms with E-state index < -0.39 is 11.7 Å². The van der Waals surface area contributed by atoms with Gasteiger partial charge in [-0.1, -0.05) is 6.07 Å². The van der Waals surface area contributed by atoms with E-state index in [9.17, 15) is 13.2 Å². The lowest BCUT2D eigenvalue weighted by Crippen LogP contribution is -2.04. The van der Waals surface area contributed by atoms with Gasteiger partial charge in [-0.15, -0.1) is 0 Å². The Hall–Kier alpha value is -1.62. The van der Waals surface area contributed by atoms with Crippen LogP contribution in [0.1, 0.15) is 11.3 Å². The van der Waals surface area contributed by atoms with Crippen LogP contribution in [0.15, 0.2) is 30.3 Å². The van der Waals surface area contributed by atoms with Crippen LogP contribution in [0.2, 0.25) is 0 Å². The third-order valence-corrected chi connectivity index (χ3v) is 2.44. The van der Waals surface area contributed by atoms with Crippen LogP contribution in [0.4, 0.5) is 13.2 Å². The fourth-order valence-corrected chi connectivity index (χ4v) is 1.60. The van der Waals surface area contributed by atoms with Gasteiger partial charge in [-0.2, -0.15) is 13.2 Å². The summed E-state index contributed by atoms with van der Waals surface area (Å²) in [6.45, 7) is -0.0286. The van der Waals surface area contributed by atoms with E-state index in [2.05, 4.69) is 4.98 Å². The van der Waals surface area contributed by atoms with Gasteiger partial charge in [-0.05, 0) is 24.3 Å². The van der Waals surface area contributed by atoms with Gasteiger partial charge in [0.25, 0.3) is 0 Å². The van der Waals surface area contributed by atoms with Crippen LogP contribution in [0.5, 0.6) is 0 Å². The Bertz CT molecular complexity index is 537. The third-order valence-electron chi connectivity index (χ3n) is 2.44. The predicted molar refractivity (Wildman–Crippen MR) is 57.5 cm³/mol. The van der Waals surface area contributed by atoms with Gasteiger partial charge in [0.1, 0.15) is 0 Å². The Morgan fingerprint density at radius 3 is 2.53 bits per heavy atom. The molecule has 0 radical (unpaired) electrons. The highest BCUT2D eigenvalue weighted by Gasteiger charge is 2.30. The molecule has 0 fully saturated rings. The number of aromatic nitrogens is 1. The second-order valence-electron chi connectivity index (χ2n) is 3.68. The summed E-state index contributed by atoms with van der Waals surface area (Å²) in [7, 11) is 0. The van der Waals surface area contributed by atoms with Gasteiger partial charge in [-0.25, -0.2) is 0 Å². The van der Waals surface area contributed by atoms with E-state index in [0.717, 1.165) is 12.1 Å². The minimum Gasteiger partial charge on any atom is -0.396 e. The molecule has 0 aliphatic rings. The van der Waals surface area contributed by atoms with E-state index in [4.69, 9.17) is 5.11 Å². The largest absolute Gasteiger partial charge is 0.416 e. The van der Waals surface area contributed by atoms with Crippen molar-refractivity contribution in [2.45, 2.75) is 12.6 Å². The number of hydrogen-bond donors (Lipinski definition) is 1. The first-order chi connectivity index (χ1) is 8.00. The topological polar surface area (TPSA) is 33.1 Å². The maximum absolute atomic E-state index is 12.5. The highest BCUT2D eigenvalue weighted by atomic mass is 19.4. The van der Waals surface area contributed by atoms with Crippen molar-refractivity contribution in [3.05, 3.63) is 41.6 Å². The quantitative estimate of drug-likeness (QED) is 0.877. The van der Waals surface area contributed by atoms with Crippen LogP contribution in [-0.4, -0.2) is 16.7 Å². The summed E-state index contributed by atoms with van der Waals surface area (Å²) in [5, 5.41) is 9.20. The zero-order chi connectivity index (χ0) is 12.5. The number of rotatable bonds is 2. The molecule has 0 aliphatic carbocycles. The number of nitrogens with zero attached hydrogens (tertiary/aromatic N) is 1. The Balaban J connectivity index is 2.47. The summed E-state index contributed by atoms with van der Waals surface area (Å²) >= 11 is 0. The van der Waals surface area contributed by atoms with Crippen molar-refractivity contribution < 1.29 is 18.3 Å². The SMILES string of the molecule is OCCc1ccc2cc(C(F)(F)F)ccc2n1. The molecule has 90 valence electrons. The molecule has 2 aromatic rings. The van der Waals surface area contributed by atoms with Gasteiger partial charge in [0.2, 0.25) is 0 Å². The average Bonchev–Trinajstić information content (AvgIpc) is 2.27. The molecule has 0 spiro atoms. The smallest absolute Gasteiger partial charge is 0.396 e. The molecule has 1 aromatic carbocycles. The molecule has 1 heterocycles. The molecular weight excluding hydrogens is 231 g/mol. The molecule has 1 N–H and O–H groups in total. The molecule has 1 aromatic heterocycles. The molecule has 0 aliphatic heterocycles. The van der Waals surface area contributed by atoms with Crippen LogP contribution < -0.4 is 0 Å². The number of fused-ring (bicyclic) bond motifs is 1. The summed E-state index contributed by atoms with van der Waals surface area (Å²) in [6, 6.07) is 6.64. The number of alkyl halides is 3. The van der Waals surface area contributed by atoms with Crippen molar-refractivity contribution in [3.63, 3.8) is 0 Å². The number of aliphatic hydroxyl groups is 1. The fraction of sp³-hybridized carbons (Fsp3) is 0.250. The van der Waals surface area contributed by atoms with Crippen molar-refractivity contribution in [2.24, 2.45) is 0 Å². The summed E-state index contributed by atoms with van der Waals surface area (Å²) in [4.78, 5) is 4.16. The number of halogens is 3. The van der Waals surface area contributed by atoms with Gasteiger partial charge < -0.3 is 5.11 Å². The Kier molecular flexibility index (Phi) is 3.02. The van der Waals surface area contributed by atoms with E-state index in [1.807, 2.05) is 0 Å². The molecule has 2 nitrogen and oxygen atoms in total. The van der Waals surface area contributed by atoms with E-state index in [-0.39, 0.29) is 6.61 Å². The van der Waals surface area contributed by atoms with Crippen molar-refractivity contribution in [1.29, 1.82) is 0 Å². The fourth-order valence-electron chi connectivity index (χ4n) is 1.60. The normalized spacial score (nSPS) is 12.0. The van der Waals surface area contributed by atoms with Crippen LogP contribution in [0.25, 0.3) is 10.9 Å². The maximum atomic E-state index is 12.5. The van der Waals surface area contributed by atoms with E-state index >= 15 is 0 Å². The Morgan fingerprint density at radius 2 is 1.88 bits per heavy atom. The van der Waals surface area contributed by atoms with E-state index in [1.165, 1.54) is 6.07 Å². The van der Waals surface area contributed by atoms with E-state index in [1.54, 1.807) is 12.1 Å². The van der Waals surface area contributed by atoms with Crippen LogP contribution in [-0.2, 0) is 12.6 Å². The third kappa shape index (κ3) is 2.55. The molecule has 0 saturated heterocycles. The van der Waals surface area contributed by atoms with Crippen molar-refractivity contribution in [1.82, 2.24) is 4.98 Å². The van der Waals surface area contributed by atoms with Gasteiger partial charge in [0, 0.05) is 24.1 Å². The standard InChI is InChI=1S/C12H10F3NO/c13-12(14,15)9-2-4-11-8(7-9)1-3-10(16-11)5-6-17/h1-4,7,17H,5-6H2. The molecule has 0 saturated carbocycles. The number of benzene rings is 1. The molecular formula is C12H10F3NO. The minimum atomic E-state index is -4.34. The highest BCUT2D eigenvalue weighted by molar-refractivity contribution is 5.79. The zero-order valence-corrected chi connectivity index (χ0v) is 8.83. The van der Waals surface area contributed by atoms with Crippen LogP contribution in [0.3, 0.4) is 0 Å². The second kappa shape index (κ2) is 4.33. The highest BCUT2D eigenvalue weighted by Crippen LogP contribution is 2.31. The first-order valence-corrected chi connectivity index (χ1v) is 5.08. The summed E-state index contributed by atoms with van der Waals surface area (Å²) < 4.78 is 37.4. The second-order valence-corrected chi connectivity index (χ2v) is 3.68. The van der Waals surface area contributed by atoms with Gasteiger partial charge >= 0.3 is 6.18 Å². The predicted octanol–water partition coefficient (Wildman–Crippen LogP) is 2.79. The Labute approximate surface area is 95.7 Å². The summed E-state index contributed by atoms with van der Waals surface area (Å²) in [5.74, 6) is 0. The zero-order valence-electron chi connectivity index (χ0n) is 8.83. The summed E-state index contributed by atoms with van der Waals surface area (Å²) in [5.41, 5.74) is 0.491. The molecule has 0 bridgehead atoms. The number of pyridine rings is 1. The van der Waals surface area contributed by atoms with Gasteiger partial charge in [0.05, 0.1) is 11.1 Å². The number of aliphatic hydroxyl groups excluding tert-OH is 1.